The van der Waals surface area contributed by atoms with Gasteiger partial charge in [0.1, 0.15) is 0 Å². The largest absolute Gasteiger partial charge is 0.323 e. The summed E-state index contributed by atoms with van der Waals surface area (Å²) < 4.78 is 0. The molecule has 0 saturated carbocycles. The summed E-state index contributed by atoms with van der Waals surface area (Å²) in [4.78, 5) is 22.9. The molecule has 0 heterocycles. The van der Waals surface area contributed by atoms with E-state index in [9.17, 15) is 9.59 Å². The number of hydrogen-bond acceptors (Lipinski definition) is 2. The second-order valence-electron chi connectivity index (χ2n) is 4.98. The van der Waals surface area contributed by atoms with Crippen molar-refractivity contribution in [1.29, 1.82) is 0 Å². The maximum absolute atomic E-state index is 11.7. The fourth-order valence-electron chi connectivity index (χ4n) is 1.94. The van der Waals surface area contributed by atoms with Crippen LogP contribution >= 0.6 is 0 Å². The van der Waals surface area contributed by atoms with Crippen molar-refractivity contribution < 1.29 is 9.59 Å². The first-order chi connectivity index (χ1) is 10.5. The van der Waals surface area contributed by atoms with E-state index in [2.05, 4.69) is 10.6 Å². The number of aryl methyl sites for hydroxylation is 1. The van der Waals surface area contributed by atoms with E-state index in [4.69, 9.17) is 0 Å². The van der Waals surface area contributed by atoms with E-state index < -0.39 is 0 Å². The first kappa shape index (κ1) is 15.5. The third kappa shape index (κ3) is 4.59. The van der Waals surface area contributed by atoms with E-state index in [0.29, 0.717) is 11.3 Å². The Morgan fingerprint density at radius 2 is 1.77 bits per heavy atom. The molecule has 0 aliphatic rings. The molecule has 0 bridgehead atoms. The summed E-state index contributed by atoms with van der Waals surface area (Å²) in [5, 5.41) is 5.33. The molecule has 0 spiro atoms. The number of nitrogens with one attached hydrogen (secondary N) is 2. The number of hydrogen-bond donors (Lipinski definition) is 2. The lowest BCUT2D eigenvalue weighted by Crippen LogP contribution is -2.23. The van der Waals surface area contributed by atoms with Gasteiger partial charge in [0.05, 0.1) is 0 Å². The number of amides is 2. The Bertz CT molecular complexity index is 703. The molecule has 2 rings (SSSR count). The van der Waals surface area contributed by atoms with Gasteiger partial charge in [0.15, 0.2) is 5.78 Å². The standard InChI is InChI=1S/C18H18N2O2/c1-13-4-3-5-15(12-13)10-11-19-18(22)20-17-8-6-16(7-9-17)14(2)21/h3-12H,1-2H3,(H2,19,20,22)/b11-10+. The number of urea groups is 1. The second-order valence-corrected chi connectivity index (χ2v) is 4.98. The molecular formula is C18H18N2O2. The third-order valence-corrected chi connectivity index (χ3v) is 3.08. The number of carbonyl (C=O) groups is 2. The van der Waals surface area contributed by atoms with Gasteiger partial charge in [-0.2, -0.15) is 0 Å². The van der Waals surface area contributed by atoms with Crippen LogP contribution in [0.5, 0.6) is 0 Å². The van der Waals surface area contributed by atoms with Gasteiger partial charge < -0.3 is 10.6 Å². The van der Waals surface area contributed by atoms with Crippen molar-refractivity contribution in [3.05, 3.63) is 71.4 Å². The number of ketones is 1. The molecule has 0 saturated heterocycles. The Hall–Kier alpha value is -2.88. The summed E-state index contributed by atoms with van der Waals surface area (Å²) in [7, 11) is 0. The van der Waals surface area contributed by atoms with E-state index in [-0.39, 0.29) is 11.8 Å². The lowest BCUT2D eigenvalue weighted by atomic mass is 10.1. The number of anilines is 1. The highest BCUT2D eigenvalue weighted by molar-refractivity contribution is 5.95. The van der Waals surface area contributed by atoms with Crippen molar-refractivity contribution in [3.63, 3.8) is 0 Å². The molecule has 0 aromatic heterocycles. The lowest BCUT2D eigenvalue weighted by molar-refractivity contribution is 0.101. The highest BCUT2D eigenvalue weighted by Crippen LogP contribution is 2.10. The second kappa shape index (κ2) is 7.22. The first-order valence-electron chi connectivity index (χ1n) is 6.96. The molecule has 0 fully saturated rings. The molecule has 4 nitrogen and oxygen atoms in total. The molecule has 0 radical (unpaired) electrons. The van der Waals surface area contributed by atoms with E-state index in [1.807, 2.05) is 37.3 Å². The maximum atomic E-state index is 11.7. The van der Waals surface area contributed by atoms with Crippen molar-refractivity contribution in [2.75, 3.05) is 5.32 Å². The van der Waals surface area contributed by atoms with Gasteiger partial charge in [0.25, 0.3) is 0 Å². The predicted octanol–water partition coefficient (Wildman–Crippen LogP) is 3.99. The fraction of sp³-hybridized carbons (Fsp3) is 0.111. The zero-order chi connectivity index (χ0) is 15.9. The Morgan fingerprint density at radius 1 is 1.05 bits per heavy atom. The lowest BCUT2D eigenvalue weighted by Gasteiger charge is -2.05. The van der Waals surface area contributed by atoms with E-state index in [0.717, 1.165) is 11.1 Å². The van der Waals surface area contributed by atoms with Gasteiger partial charge in [-0.25, -0.2) is 4.79 Å². The minimum absolute atomic E-state index is 0.00269. The Labute approximate surface area is 129 Å². The predicted molar refractivity (Wildman–Crippen MR) is 88.8 cm³/mol. The van der Waals surface area contributed by atoms with Crippen LogP contribution in [0.1, 0.15) is 28.4 Å². The summed E-state index contributed by atoms with van der Waals surface area (Å²) in [5.74, 6) is -0.00269. The Balaban J connectivity index is 1.89. The minimum atomic E-state index is -0.334. The highest BCUT2D eigenvalue weighted by atomic mass is 16.2. The molecule has 0 aliphatic carbocycles. The van der Waals surface area contributed by atoms with Gasteiger partial charge in [0, 0.05) is 17.5 Å². The van der Waals surface area contributed by atoms with Crippen LogP contribution < -0.4 is 10.6 Å². The molecule has 4 heteroatoms. The Morgan fingerprint density at radius 3 is 2.41 bits per heavy atom. The fourth-order valence-corrected chi connectivity index (χ4v) is 1.94. The number of rotatable bonds is 4. The third-order valence-electron chi connectivity index (χ3n) is 3.08. The molecule has 0 aliphatic heterocycles. The van der Waals surface area contributed by atoms with Crippen LogP contribution in [0.4, 0.5) is 10.5 Å². The number of Topliss-reactive ketones (excluding diaryl/α,β-unsaturated/α-hetero) is 1. The molecule has 2 N–H and O–H groups in total. The zero-order valence-electron chi connectivity index (χ0n) is 12.6. The summed E-state index contributed by atoms with van der Waals surface area (Å²) in [6.45, 7) is 3.52. The van der Waals surface area contributed by atoms with Gasteiger partial charge in [0.2, 0.25) is 0 Å². The van der Waals surface area contributed by atoms with Gasteiger partial charge in [-0.3, -0.25) is 4.79 Å². The molecule has 0 unspecified atom stereocenters. The van der Waals surface area contributed by atoms with E-state index in [1.165, 1.54) is 6.92 Å². The van der Waals surface area contributed by atoms with Crippen LogP contribution in [0.15, 0.2) is 54.7 Å². The van der Waals surface area contributed by atoms with Crippen molar-refractivity contribution in [2.24, 2.45) is 0 Å². The van der Waals surface area contributed by atoms with Crippen molar-refractivity contribution >= 4 is 23.6 Å². The van der Waals surface area contributed by atoms with Gasteiger partial charge in [-0.05, 0) is 49.8 Å². The average molecular weight is 294 g/mol. The summed E-state index contributed by atoms with van der Waals surface area (Å²) >= 11 is 0. The van der Waals surface area contributed by atoms with Crippen LogP contribution in [0.2, 0.25) is 0 Å². The quantitative estimate of drug-likeness (QED) is 0.838. The minimum Gasteiger partial charge on any atom is -0.314 e. The van der Waals surface area contributed by atoms with Crippen LogP contribution in [0.3, 0.4) is 0 Å². The van der Waals surface area contributed by atoms with Gasteiger partial charge in [-0.15, -0.1) is 0 Å². The van der Waals surface area contributed by atoms with E-state index in [1.54, 1.807) is 30.5 Å². The molecule has 2 amide bonds. The van der Waals surface area contributed by atoms with Gasteiger partial charge >= 0.3 is 6.03 Å². The molecule has 2 aromatic rings. The molecule has 112 valence electrons. The summed E-state index contributed by atoms with van der Waals surface area (Å²) in [5.41, 5.74) is 3.43. The maximum Gasteiger partial charge on any atom is 0.323 e. The smallest absolute Gasteiger partial charge is 0.314 e. The Kier molecular flexibility index (Phi) is 5.09. The van der Waals surface area contributed by atoms with Crippen LogP contribution in [-0.4, -0.2) is 11.8 Å². The van der Waals surface area contributed by atoms with E-state index >= 15 is 0 Å². The molecule has 2 aromatic carbocycles. The van der Waals surface area contributed by atoms with Crippen molar-refractivity contribution in [2.45, 2.75) is 13.8 Å². The number of benzene rings is 2. The monoisotopic (exact) mass is 294 g/mol. The van der Waals surface area contributed by atoms with Crippen LogP contribution in [0.25, 0.3) is 6.08 Å². The summed E-state index contributed by atoms with van der Waals surface area (Å²) in [6, 6.07) is 14.4. The SMILES string of the molecule is CC(=O)c1ccc(NC(=O)N/C=C/c2cccc(C)c2)cc1. The normalized spacial score (nSPS) is 10.5. The summed E-state index contributed by atoms with van der Waals surface area (Å²) in [6.07, 6.45) is 3.42. The van der Waals surface area contributed by atoms with Gasteiger partial charge in [-0.1, -0.05) is 29.8 Å². The van der Waals surface area contributed by atoms with Crippen LogP contribution in [-0.2, 0) is 0 Å². The average Bonchev–Trinajstić information content (AvgIpc) is 2.48. The molecule has 22 heavy (non-hydrogen) atoms. The van der Waals surface area contributed by atoms with Crippen molar-refractivity contribution in [1.82, 2.24) is 5.32 Å². The molecule has 0 atom stereocenters. The van der Waals surface area contributed by atoms with Crippen molar-refractivity contribution in [3.8, 4) is 0 Å². The molecular weight excluding hydrogens is 276 g/mol. The zero-order valence-corrected chi connectivity index (χ0v) is 12.6. The highest BCUT2D eigenvalue weighted by Gasteiger charge is 2.01. The van der Waals surface area contributed by atoms with Crippen LogP contribution in [0, 0.1) is 6.92 Å². The first-order valence-corrected chi connectivity index (χ1v) is 6.96. The number of carbonyl (C=O) groups excluding carboxylic acids is 2. The topological polar surface area (TPSA) is 58.2 Å².